The van der Waals surface area contributed by atoms with Gasteiger partial charge in [0, 0.05) is 19.7 Å². The number of fused-ring (bicyclic) bond motifs is 1. The summed E-state index contributed by atoms with van der Waals surface area (Å²) >= 11 is 0. The molecule has 1 aromatic rings. The van der Waals surface area contributed by atoms with Gasteiger partial charge in [-0.15, -0.1) is 0 Å². The molecule has 1 N–H and O–H groups in total. The second-order valence-corrected chi connectivity index (χ2v) is 5.21. The maximum atomic E-state index is 12.5. The molecular formula is C14H18N2O3. The van der Waals surface area contributed by atoms with E-state index >= 15 is 0 Å². The van der Waals surface area contributed by atoms with Crippen molar-refractivity contribution in [3.8, 4) is 5.75 Å². The monoisotopic (exact) mass is 262 g/mol. The van der Waals surface area contributed by atoms with Gasteiger partial charge in [-0.25, -0.2) is 0 Å². The molecule has 19 heavy (non-hydrogen) atoms. The van der Waals surface area contributed by atoms with E-state index in [1.807, 2.05) is 6.92 Å². The van der Waals surface area contributed by atoms with E-state index in [9.17, 15) is 14.7 Å². The Bertz CT molecular complexity index is 552. The van der Waals surface area contributed by atoms with Crippen LogP contribution >= 0.6 is 0 Å². The summed E-state index contributed by atoms with van der Waals surface area (Å²) in [5.41, 5.74) is 0.0804. The van der Waals surface area contributed by atoms with Crippen molar-refractivity contribution in [1.82, 2.24) is 0 Å². The summed E-state index contributed by atoms with van der Waals surface area (Å²) in [5.74, 6) is -0.429. The molecule has 0 spiro atoms. The van der Waals surface area contributed by atoms with E-state index in [2.05, 4.69) is 0 Å². The van der Waals surface area contributed by atoms with Crippen molar-refractivity contribution in [3.05, 3.63) is 18.2 Å². The van der Waals surface area contributed by atoms with E-state index in [0.29, 0.717) is 17.9 Å². The van der Waals surface area contributed by atoms with Crippen LogP contribution in [0.1, 0.15) is 20.8 Å². The van der Waals surface area contributed by atoms with Crippen molar-refractivity contribution in [2.24, 2.45) is 5.41 Å². The Kier molecular flexibility index (Phi) is 3.00. The summed E-state index contributed by atoms with van der Waals surface area (Å²) in [6.45, 7) is 5.54. The third kappa shape index (κ3) is 1.85. The molecule has 0 atom stereocenters. The normalized spacial score (nSPS) is 18.3. The standard InChI is InChI=1S/C14H18N2O3/c1-5-16-11-8-9(17)6-7-10(11)15(4)12(18)14(2,3)13(16)19/h6-8,17H,5H2,1-4H3. The molecule has 0 unspecified atom stereocenters. The number of rotatable bonds is 1. The lowest BCUT2D eigenvalue weighted by molar-refractivity contribution is -0.137. The molecule has 5 nitrogen and oxygen atoms in total. The fraction of sp³-hybridized carbons (Fsp3) is 0.429. The lowest BCUT2D eigenvalue weighted by Gasteiger charge is -2.27. The van der Waals surface area contributed by atoms with Crippen LogP contribution < -0.4 is 9.80 Å². The quantitative estimate of drug-likeness (QED) is 0.784. The molecule has 0 saturated heterocycles. The van der Waals surface area contributed by atoms with Gasteiger partial charge in [0.1, 0.15) is 11.2 Å². The van der Waals surface area contributed by atoms with Crippen LogP contribution in [0.15, 0.2) is 18.2 Å². The Morgan fingerprint density at radius 3 is 2.37 bits per heavy atom. The maximum Gasteiger partial charge on any atom is 0.242 e. The zero-order valence-electron chi connectivity index (χ0n) is 11.6. The molecule has 2 rings (SSSR count). The highest BCUT2D eigenvalue weighted by Gasteiger charge is 2.45. The average molecular weight is 262 g/mol. The molecule has 1 aliphatic rings. The van der Waals surface area contributed by atoms with E-state index < -0.39 is 5.41 Å². The Hall–Kier alpha value is -2.04. The van der Waals surface area contributed by atoms with Crippen LogP contribution in [0.25, 0.3) is 0 Å². The topological polar surface area (TPSA) is 60.9 Å². The summed E-state index contributed by atoms with van der Waals surface area (Å²) in [6.07, 6.45) is 0. The number of carbonyl (C=O) groups excluding carboxylic acids is 2. The number of hydrogen-bond donors (Lipinski definition) is 1. The minimum absolute atomic E-state index is 0.0746. The van der Waals surface area contributed by atoms with Crippen molar-refractivity contribution in [1.29, 1.82) is 0 Å². The van der Waals surface area contributed by atoms with Crippen LogP contribution in [-0.2, 0) is 9.59 Å². The van der Waals surface area contributed by atoms with Crippen LogP contribution in [0.3, 0.4) is 0 Å². The maximum absolute atomic E-state index is 12.5. The van der Waals surface area contributed by atoms with E-state index in [0.717, 1.165) is 0 Å². The zero-order valence-corrected chi connectivity index (χ0v) is 11.6. The molecule has 5 heteroatoms. The van der Waals surface area contributed by atoms with E-state index in [-0.39, 0.29) is 17.6 Å². The molecule has 0 radical (unpaired) electrons. The molecule has 1 aromatic carbocycles. The molecular weight excluding hydrogens is 244 g/mol. The SMILES string of the molecule is CCN1C(=O)C(C)(C)C(=O)N(C)c2ccc(O)cc21. The van der Waals surface area contributed by atoms with Crippen LogP contribution in [-0.4, -0.2) is 30.5 Å². The van der Waals surface area contributed by atoms with Crippen molar-refractivity contribution in [3.63, 3.8) is 0 Å². The van der Waals surface area contributed by atoms with Gasteiger partial charge in [-0.3, -0.25) is 9.59 Å². The van der Waals surface area contributed by atoms with Gasteiger partial charge < -0.3 is 14.9 Å². The first-order valence-electron chi connectivity index (χ1n) is 6.23. The molecule has 102 valence electrons. The summed E-state index contributed by atoms with van der Waals surface area (Å²) in [4.78, 5) is 27.9. The molecule has 0 saturated carbocycles. The molecule has 1 heterocycles. The van der Waals surface area contributed by atoms with Gasteiger partial charge in [0.25, 0.3) is 0 Å². The number of nitrogens with zero attached hydrogens (tertiary/aromatic N) is 2. The lowest BCUT2D eigenvalue weighted by atomic mass is 9.90. The summed E-state index contributed by atoms with van der Waals surface area (Å²) in [7, 11) is 1.65. The van der Waals surface area contributed by atoms with Crippen molar-refractivity contribution >= 4 is 23.2 Å². The molecule has 2 amide bonds. The molecule has 1 aliphatic heterocycles. The number of carbonyl (C=O) groups is 2. The molecule has 0 aliphatic carbocycles. The first kappa shape index (κ1) is 13.4. The second-order valence-electron chi connectivity index (χ2n) is 5.21. The number of anilines is 2. The van der Waals surface area contributed by atoms with E-state index in [1.165, 1.54) is 21.9 Å². The van der Waals surface area contributed by atoms with Gasteiger partial charge in [0.15, 0.2) is 0 Å². The Balaban J connectivity index is 2.71. The van der Waals surface area contributed by atoms with Gasteiger partial charge in [0.2, 0.25) is 11.8 Å². The highest BCUT2D eigenvalue weighted by molar-refractivity contribution is 6.19. The number of phenols is 1. The molecule has 0 fully saturated rings. The first-order valence-corrected chi connectivity index (χ1v) is 6.23. The predicted molar refractivity (Wildman–Crippen MR) is 73.3 cm³/mol. The van der Waals surface area contributed by atoms with Crippen LogP contribution in [0.2, 0.25) is 0 Å². The number of benzene rings is 1. The Morgan fingerprint density at radius 1 is 1.16 bits per heavy atom. The van der Waals surface area contributed by atoms with Crippen LogP contribution in [0.5, 0.6) is 5.75 Å². The largest absolute Gasteiger partial charge is 0.508 e. The number of phenolic OH excluding ortho intramolecular Hbond substituents is 1. The predicted octanol–water partition coefficient (Wildman–Crippen LogP) is 1.75. The zero-order chi connectivity index (χ0) is 14.4. The molecule has 0 aromatic heterocycles. The highest BCUT2D eigenvalue weighted by atomic mass is 16.3. The number of hydrogen-bond acceptors (Lipinski definition) is 3. The molecule has 0 bridgehead atoms. The third-order valence-electron chi connectivity index (χ3n) is 3.55. The van der Waals surface area contributed by atoms with Gasteiger partial charge >= 0.3 is 0 Å². The number of aromatic hydroxyl groups is 1. The fourth-order valence-corrected chi connectivity index (χ4v) is 2.39. The second kappa shape index (κ2) is 4.26. The van der Waals surface area contributed by atoms with Gasteiger partial charge in [0.05, 0.1) is 11.4 Å². The Labute approximate surface area is 112 Å². The third-order valence-corrected chi connectivity index (χ3v) is 3.55. The lowest BCUT2D eigenvalue weighted by Crippen LogP contribution is -2.47. The van der Waals surface area contributed by atoms with Gasteiger partial charge in [-0.1, -0.05) is 0 Å². The van der Waals surface area contributed by atoms with E-state index in [1.54, 1.807) is 27.0 Å². The van der Waals surface area contributed by atoms with Crippen LogP contribution in [0.4, 0.5) is 11.4 Å². The van der Waals surface area contributed by atoms with Crippen molar-refractivity contribution in [2.75, 3.05) is 23.4 Å². The highest BCUT2D eigenvalue weighted by Crippen LogP contribution is 2.39. The van der Waals surface area contributed by atoms with Crippen molar-refractivity contribution in [2.45, 2.75) is 20.8 Å². The van der Waals surface area contributed by atoms with Gasteiger partial charge in [-0.05, 0) is 32.9 Å². The smallest absolute Gasteiger partial charge is 0.242 e. The summed E-state index contributed by atoms with van der Waals surface area (Å²) in [6, 6.07) is 4.68. The summed E-state index contributed by atoms with van der Waals surface area (Å²) in [5, 5.41) is 9.62. The average Bonchev–Trinajstić information content (AvgIpc) is 2.41. The fourth-order valence-electron chi connectivity index (χ4n) is 2.39. The number of amides is 2. The van der Waals surface area contributed by atoms with E-state index in [4.69, 9.17) is 0 Å². The first-order chi connectivity index (χ1) is 8.80. The minimum atomic E-state index is -1.11. The Morgan fingerprint density at radius 2 is 1.79 bits per heavy atom. The summed E-state index contributed by atoms with van der Waals surface area (Å²) < 4.78 is 0. The van der Waals surface area contributed by atoms with Crippen molar-refractivity contribution < 1.29 is 14.7 Å². The van der Waals surface area contributed by atoms with Gasteiger partial charge in [-0.2, -0.15) is 0 Å². The van der Waals surface area contributed by atoms with Crippen LogP contribution in [0, 0.1) is 5.41 Å². The minimum Gasteiger partial charge on any atom is -0.508 e.